The summed E-state index contributed by atoms with van der Waals surface area (Å²) >= 11 is 0. The maximum Gasteiger partial charge on any atom is 0.0786 e. The topological polar surface area (TPSA) is 0 Å². The van der Waals surface area contributed by atoms with Crippen LogP contribution in [0.1, 0.15) is 233 Å². The molecule has 0 unspecified atom stereocenters. The van der Waals surface area contributed by atoms with Crippen molar-refractivity contribution >= 4 is 0 Å². The van der Waals surface area contributed by atoms with Gasteiger partial charge in [0.05, 0.1) is 26.2 Å². The quantitative estimate of drug-likeness (QED) is 0.0512. The Balaban J connectivity index is 4.73. The molecule has 0 aliphatic carbocycles. The van der Waals surface area contributed by atoms with Gasteiger partial charge < -0.3 is 4.48 Å². The van der Waals surface area contributed by atoms with Crippen molar-refractivity contribution in [2.45, 2.75) is 233 Å². The fraction of sp³-hybridized carbons (Fsp3) is 1.00. The van der Waals surface area contributed by atoms with E-state index in [1.165, 1.54) is 236 Å². The van der Waals surface area contributed by atoms with Crippen LogP contribution in [0.2, 0.25) is 0 Å². The van der Waals surface area contributed by atoms with Crippen LogP contribution in [-0.4, -0.2) is 30.7 Å². The standard InChI is InChI=1S/C40H84N/c1-5-9-13-17-20-23-26-30-34-38-41(37-33-29-16-12-8-4,39-35-31-27-24-21-18-14-10-6-2)40-36-32-28-25-22-19-15-11-7-3/h5-40H2,1-4H3/q+1. The third-order valence-electron chi connectivity index (χ3n) is 9.94. The predicted molar refractivity (Wildman–Crippen MR) is 190 cm³/mol. The Morgan fingerprint density at radius 1 is 0.195 bits per heavy atom. The van der Waals surface area contributed by atoms with Gasteiger partial charge in [-0.1, -0.05) is 182 Å². The van der Waals surface area contributed by atoms with Gasteiger partial charge in [-0.2, -0.15) is 0 Å². The van der Waals surface area contributed by atoms with Gasteiger partial charge >= 0.3 is 0 Å². The highest BCUT2D eigenvalue weighted by atomic mass is 15.3. The molecule has 0 aromatic rings. The van der Waals surface area contributed by atoms with Crippen LogP contribution in [0, 0.1) is 0 Å². The molecule has 0 aromatic carbocycles. The van der Waals surface area contributed by atoms with Crippen molar-refractivity contribution in [1.29, 1.82) is 0 Å². The second kappa shape index (κ2) is 34.5. The monoisotopic (exact) mass is 579 g/mol. The van der Waals surface area contributed by atoms with Gasteiger partial charge in [0.2, 0.25) is 0 Å². The van der Waals surface area contributed by atoms with Crippen LogP contribution in [0.3, 0.4) is 0 Å². The van der Waals surface area contributed by atoms with Gasteiger partial charge in [0, 0.05) is 0 Å². The van der Waals surface area contributed by atoms with E-state index in [0.717, 1.165) is 0 Å². The van der Waals surface area contributed by atoms with Crippen LogP contribution in [0.25, 0.3) is 0 Å². The van der Waals surface area contributed by atoms with Crippen LogP contribution in [0.15, 0.2) is 0 Å². The molecule has 0 rings (SSSR count). The van der Waals surface area contributed by atoms with E-state index in [1.807, 2.05) is 0 Å². The number of hydrogen-bond acceptors (Lipinski definition) is 0. The minimum Gasteiger partial charge on any atom is -0.324 e. The predicted octanol–water partition coefficient (Wildman–Crippen LogP) is 14.4. The molecular formula is C40H84N+. The zero-order chi connectivity index (χ0) is 30.0. The molecule has 0 bridgehead atoms. The summed E-state index contributed by atoms with van der Waals surface area (Å²) < 4.78 is 1.48. The van der Waals surface area contributed by atoms with Gasteiger partial charge in [0.1, 0.15) is 0 Å². The minimum absolute atomic E-state index is 1.37. The summed E-state index contributed by atoms with van der Waals surface area (Å²) in [6.07, 6.45) is 46.7. The van der Waals surface area contributed by atoms with E-state index in [4.69, 9.17) is 0 Å². The number of rotatable bonds is 36. The van der Waals surface area contributed by atoms with Gasteiger partial charge in [0.25, 0.3) is 0 Å². The Bertz CT molecular complexity index is 403. The average molecular weight is 579 g/mol. The first-order valence-electron chi connectivity index (χ1n) is 20.1. The maximum absolute atomic E-state index is 2.36. The lowest BCUT2D eigenvalue weighted by atomic mass is 10.0. The van der Waals surface area contributed by atoms with Crippen molar-refractivity contribution in [3.63, 3.8) is 0 Å². The second-order valence-electron chi connectivity index (χ2n) is 14.1. The third kappa shape index (κ3) is 29.8. The van der Waals surface area contributed by atoms with E-state index in [2.05, 4.69) is 27.7 Å². The average Bonchev–Trinajstić information content (AvgIpc) is 2.98. The number of unbranched alkanes of at least 4 members (excludes halogenated alkanes) is 28. The van der Waals surface area contributed by atoms with Gasteiger partial charge in [-0.15, -0.1) is 0 Å². The van der Waals surface area contributed by atoms with Crippen molar-refractivity contribution in [3.05, 3.63) is 0 Å². The Kier molecular flexibility index (Phi) is 34.4. The highest BCUT2D eigenvalue weighted by Crippen LogP contribution is 2.21. The fourth-order valence-corrected chi connectivity index (χ4v) is 7.00. The Labute approximate surface area is 263 Å². The Morgan fingerprint density at radius 2 is 0.341 bits per heavy atom. The van der Waals surface area contributed by atoms with Crippen molar-refractivity contribution in [2.75, 3.05) is 26.2 Å². The molecule has 0 aliphatic heterocycles. The largest absolute Gasteiger partial charge is 0.324 e. The molecule has 0 amide bonds. The van der Waals surface area contributed by atoms with Gasteiger partial charge in [0.15, 0.2) is 0 Å². The molecule has 0 N–H and O–H groups in total. The molecule has 41 heavy (non-hydrogen) atoms. The molecule has 0 fully saturated rings. The van der Waals surface area contributed by atoms with Crippen molar-refractivity contribution in [2.24, 2.45) is 0 Å². The van der Waals surface area contributed by atoms with Crippen LogP contribution in [-0.2, 0) is 0 Å². The molecule has 0 saturated carbocycles. The lowest BCUT2D eigenvalue weighted by Crippen LogP contribution is -2.50. The summed E-state index contributed by atoms with van der Waals surface area (Å²) in [5.41, 5.74) is 0. The zero-order valence-corrected chi connectivity index (χ0v) is 29.9. The number of hydrogen-bond donors (Lipinski definition) is 0. The minimum atomic E-state index is 1.37. The van der Waals surface area contributed by atoms with Crippen LogP contribution in [0.5, 0.6) is 0 Å². The fourth-order valence-electron chi connectivity index (χ4n) is 7.00. The lowest BCUT2D eigenvalue weighted by Gasteiger charge is -2.40. The van der Waals surface area contributed by atoms with Crippen LogP contribution >= 0.6 is 0 Å². The SMILES string of the molecule is CCCCCCCCCCC[N+](CCCCCCC)(CCCCCCCCCCC)CCCCCCCCCCC. The van der Waals surface area contributed by atoms with E-state index in [0.29, 0.717) is 0 Å². The summed E-state index contributed by atoms with van der Waals surface area (Å²) in [7, 11) is 0. The smallest absolute Gasteiger partial charge is 0.0786 e. The molecule has 0 atom stereocenters. The van der Waals surface area contributed by atoms with Crippen LogP contribution in [0.4, 0.5) is 0 Å². The maximum atomic E-state index is 2.36. The van der Waals surface area contributed by atoms with E-state index >= 15 is 0 Å². The highest BCUT2D eigenvalue weighted by molar-refractivity contribution is 4.56. The summed E-state index contributed by atoms with van der Waals surface area (Å²) in [5.74, 6) is 0. The van der Waals surface area contributed by atoms with Gasteiger partial charge in [-0.05, 0) is 51.4 Å². The Hall–Kier alpha value is -0.0400. The zero-order valence-electron chi connectivity index (χ0n) is 29.9. The van der Waals surface area contributed by atoms with E-state index in [9.17, 15) is 0 Å². The van der Waals surface area contributed by atoms with E-state index in [1.54, 1.807) is 0 Å². The molecule has 1 heteroatoms. The molecular weight excluding hydrogens is 494 g/mol. The first kappa shape index (κ1) is 41.0. The van der Waals surface area contributed by atoms with Crippen molar-refractivity contribution in [3.8, 4) is 0 Å². The molecule has 1 nitrogen and oxygen atoms in total. The molecule has 0 spiro atoms. The summed E-state index contributed by atoms with van der Waals surface area (Å²) in [4.78, 5) is 0. The van der Waals surface area contributed by atoms with E-state index in [-0.39, 0.29) is 0 Å². The van der Waals surface area contributed by atoms with Gasteiger partial charge in [-0.25, -0.2) is 0 Å². The first-order chi connectivity index (χ1) is 20.2. The second-order valence-corrected chi connectivity index (χ2v) is 14.1. The highest BCUT2D eigenvalue weighted by Gasteiger charge is 2.25. The third-order valence-corrected chi connectivity index (χ3v) is 9.94. The summed E-state index contributed by atoms with van der Waals surface area (Å²) in [5, 5.41) is 0. The molecule has 0 saturated heterocycles. The van der Waals surface area contributed by atoms with Crippen molar-refractivity contribution in [1.82, 2.24) is 0 Å². The first-order valence-corrected chi connectivity index (χ1v) is 20.1. The molecule has 0 aliphatic rings. The number of nitrogens with zero attached hydrogens (tertiary/aromatic N) is 1. The van der Waals surface area contributed by atoms with Crippen LogP contribution < -0.4 is 0 Å². The molecule has 248 valence electrons. The normalized spacial score (nSPS) is 12.0. The van der Waals surface area contributed by atoms with Crippen molar-refractivity contribution < 1.29 is 4.48 Å². The molecule has 0 aromatic heterocycles. The Morgan fingerprint density at radius 3 is 0.512 bits per heavy atom. The molecule has 0 radical (unpaired) electrons. The summed E-state index contributed by atoms with van der Waals surface area (Å²) in [6.45, 7) is 15.3. The lowest BCUT2D eigenvalue weighted by molar-refractivity contribution is -0.929. The number of quaternary nitrogens is 1. The van der Waals surface area contributed by atoms with E-state index < -0.39 is 0 Å². The van der Waals surface area contributed by atoms with Gasteiger partial charge in [-0.3, -0.25) is 0 Å². The molecule has 0 heterocycles. The summed E-state index contributed by atoms with van der Waals surface area (Å²) in [6, 6.07) is 0.